The van der Waals surface area contributed by atoms with E-state index in [0.29, 0.717) is 18.7 Å². The van der Waals surface area contributed by atoms with Gasteiger partial charge in [-0.05, 0) is 44.3 Å². The summed E-state index contributed by atoms with van der Waals surface area (Å²) in [4.78, 5) is 16.2. The monoisotopic (exact) mass is 334 g/mol. The van der Waals surface area contributed by atoms with Gasteiger partial charge in [-0.2, -0.15) is 0 Å². The third-order valence-electron chi connectivity index (χ3n) is 4.35. The van der Waals surface area contributed by atoms with E-state index in [1.807, 2.05) is 26.2 Å². The molecule has 0 saturated carbocycles. The number of anilines is 1. The maximum absolute atomic E-state index is 14.0. The molecule has 0 aromatic heterocycles. The minimum Gasteiger partial charge on any atom is -0.308 e. The molecule has 126 valence electrons. The molecule has 3 nitrogen and oxygen atoms in total. The number of hydrogen-bond donors (Lipinski definition) is 0. The van der Waals surface area contributed by atoms with Crippen LogP contribution in [0.5, 0.6) is 0 Å². The Hall–Kier alpha value is -2.34. The number of carbonyl (C=O) groups is 1. The minimum atomic E-state index is -1.63. The molecule has 1 unspecified atom stereocenters. The normalized spacial score (nSPS) is 17.1. The van der Waals surface area contributed by atoms with Crippen LogP contribution in [-0.2, 0) is 0 Å². The molecule has 2 aromatic rings. The van der Waals surface area contributed by atoms with Gasteiger partial charge in [0.15, 0.2) is 17.5 Å². The Bertz CT molecular complexity index is 792. The molecule has 0 bridgehead atoms. The SMILES string of the molecule is CN(C)C1CCN(C(=O)c2ccc(F)c(F)c2F)c2ccccc21. The lowest BCUT2D eigenvalue weighted by Crippen LogP contribution is -2.39. The van der Waals surface area contributed by atoms with Crippen LogP contribution in [0.4, 0.5) is 18.9 Å². The van der Waals surface area contributed by atoms with Gasteiger partial charge >= 0.3 is 0 Å². The number of amides is 1. The van der Waals surface area contributed by atoms with Gasteiger partial charge in [-0.3, -0.25) is 4.79 Å². The molecule has 0 N–H and O–H groups in total. The van der Waals surface area contributed by atoms with Crippen molar-refractivity contribution in [1.29, 1.82) is 0 Å². The van der Waals surface area contributed by atoms with Crippen LogP contribution < -0.4 is 4.90 Å². The lowest BCUT2D eigenvalue weighted by molar-refractivity contribution is 0.0975. The molecule has 1 amide bonds. The van der Waals surface area contributed by atoms with Gasteiger partial charge in [-0.1, -0.05) is 18.2 Å². The summed E-state index contributed by atoms with van der Waals surface area (Å²) in [6, 6.07) is 9.25. The number of para-hydroxylation sites is 1. The largest absolute Gasteiger partial charge is 0.308 e. The zero-order valence-corrected chi connectivity index (χ0v) is 13.4. The first-order valence-corrected chi connectivity index (χ1v) is 7.62. The molecule has 0 spiro atoms. The zero-order valence-electron chi connectivity index (χ0n) is 13.4. The van der Waals surface area contributed by atoms with E-state index in [2.05, 4.69) is 4.90 Å². The summed E-state index contributed by atoms with van der Waals surface area (Å²) < 4.78 is 40.5. The van der Waals surface area contributed by atoms with E-state index in [1.54, 1.807) is 12.1 Å². The first kappa shape index (κ1) is 16.5. The van der Waals surface area contributed by atoms with E-state index < -0.39 is 28.9 Å². The zero-order chi connectivity index (χ0) is 17.4. The van der Waals surface area contributed by atoms with Crippen molar-refractivity contribution in [1.82, 2.24) is 4.90 Å². The molecule has 0 fully saturated rings. The average Bonchev–Trinajstić information content (AvgIpc) is 2.58. The predicted molar refractivity (Wildman–Crippen MR) is 85.5 cm³/mol. The Kier molecular flexibility index (Phi) is 4.32. The van der Waals surface area contributed by atoms with Crippen molar-refractivity contribution >= 4 is 11.6 Å². The second-order valence-electron chi connectivity index (χ2n) is 6.01. The summed E-state index contributed by atoms with van der Waals surface area (Å²) >= 11 is 0. The molecule has 1 heterocycles. The highest BCUT2D eigenvalue weighted by Crippen LogP contribution is 2.37. The third kappa shape index (κ3) is 2.67. The van der Waals surface area contributed by atoms with Gasteiger partial charge < -0.3 is 9.80 Å². The van der Waals surface area contributed by atoms with Crippen molar-refractivity contribution in [3.8, 4) is 0 Å². The van der Waals surface area contributed by atoms with Gasteiger partial charge in [0.05, 0.1) is 5.56 Å². The Morgan fingerprint density at radius 1 is 1.08 bits per heavy atom. The van der Waals surface area contributed by atoms with E-state index in [9.17, 15) is 18.0 Å². The van der Waals surface area contributed by atoms with E-state index in [0.717, 1.165) is 17.7 Å². The van der Waals surface area contributed by atoms with Crippen LogP contribution >= 0.6 is 0 Å². The number of benzene rings is 2. The molecule has 0 aliphatic carbocycles. The van der Waals surface area contributed by atoms with Crippen LogP contribution in [0.25, 0.3) is 0 Å². The summed E-state index contributed by atoms with van der Waals surface area (Å²) in [5.74, 6) is -5.06. The van der Waals surface area contributed by atoms with E-state index in [-0.39, 0.29) is 6.04 Å². The number of rotatable bonds is 2. The summed E-state index contributed by atoms with van der Waals surface area (Å²) in [5.41, 5.74) is 1.15. The van der Waals surface area contributed by atoms with Crippen molar-refractivity contribution in [3.05, 3.63) is 65.0 Å². The molecule has 0 saturated heterocycles. The first-order valence-electron chi connectivity index (χ1n) is 7.62. The van der Waals surface area contributed by atoms with Crippen LogP contribution in [0, 0.1) is 17.5 Å². The minimum absolute atomic E-state index is 0.139. The Labute approximate surface area is 138 Å². The number of nitrogens with zero attached hydrogens (tertiary/aromatic N) is 2. The van der Waals surface area contributed by atoms with E-state index in [4.69, 9.17) is 0 Å². The smallest absolute Gasteiger partial charge is 0.261 e. The Balaban J connectivity index is 2.03. The third-order valence-corrected chi connectivity index (χ3v) is 4.35. The quantitative estimate of drug-likeness (QED) is 0.781. The predicted octanol–water partition coefficient (Wildman–Crippen LogP) is 3.76. The topological polar surface area (TPSA) is 23.6 Å². The fourth-order valence-electron chi connectivity index (χ4n) is 3.13. The van der Waals surface area contributed by atoms with Crippen molar-refractivity contribution in [3.63, 3.8) is 0 Å². The first-order chi connectivity index (χ1) is 11.4. The van der Waals surface area contributed by atoms with Crippen LogP contribution in [-0.4, -0.2) is 31.4 Å². The number of fused-ring (bicyclic) bond motifs is 1. The molecule has 0 radical (unpaired) electrons. The molecule has 3 rings (SSSR count). The van der Waals surface area contributed by atoms with Gasteiger partial charge in [0.2, 0.25) is 0 Å². The highest BCUT2D eigenvalue weighted by molar-refractivity contribution is 6.07. The Morgan fingerprint density at radius 2 is 1.79 bits per heavy atom. The van der Waals surface area contributed by atoms with Gasteiger partial charge in [0, 0.05) is 18.3 Å². The van der Waals surface area contributed by atoms with E-state index >= 15 is 0 Å². The van der Waals surface area contributed by atoms with Crippen LogP contribution in [0.1, 0.15) is 28.4 Å². The number of halogens is 3. The van der Waals surface area contributed by atoms with Crippen molar-refractivity contribution in [2.24, 2.45) is 0 Å². The maximum atomic E-state index is 14.0. The van der Waals surface area contributed by atoms with Gasteiger partial charge in [0.1, 0.15) is 0 Å². The van der Waals surface area contributed by atoms with Crippen molar-refractivity contribution < 1.29 is 18.0 Å². The lowest BCUT2D eigenvalue weighted by Gasteiger charge is -2.37. The maximum Gasteiger partial charge on any atom is 0.261 e. The lowest BCUT2D eigenvalue weighted by atomic mass is 9.95. The van der Waals surface area contributed by atoms with Crippen molar-refractivity contribution in [2.45, 2.75) is 12.5 Å². The second kappa shape index (κ2) is 6.28. The number of hydrogen-bond acceptors (Lipinski definition) is 2. The summed E-state index contributed by atoms with van der Waals surface area (Å²) in [5, 5.41) is 0. The molecule has 2 aromatic carbocycles. The summed E-state index contributed by atoms with van der Waals surface area (Å²) in [7, 11) is 3.90. The second-order valence-corrected chi connectivity index (χ2v) is 6.01. The standard InChI is InChI=1S/C18H17F3N2O/c1-22(2)14-9-10-23(15-6-4-3-5-11(14)15)18(24)12-7-8-13(19)17(21)16(12)20/h3-8,14H,9-10H2,1-2H3. The van der Waals surface area contributed by atoms with E-state index in [1.165, 1.54) is 4.90 Å². The molecule has 1 aliphatic heterocycles. The highest BCUT2D eigenvalue weighted by atomic mass is 19.2. The van der Waals surface area contributed by atoms with Gasteiger partial charge in [-0.25, -0.2) is 13.2 Å². The summed E-state index contributed by atoms with van der Waals surface area (Å²) in [6.45, 7) is 0.372. The molecular weight excluding hydrogens is 317 g/mol. The van der Waals surface area contributed by atoms with Crippen LogP contribution in [0.3, 0.4) is 0 Å². The van der Waals surface area contributed by atoms with Crippen LogP contribution in [0.2, 0.25) is 0 Å². The molecule has 6 heteroatoms. The van der Waals surface area contributed by atoms with Crippen molar-refractivity contribution in [2.75, 3.05) is 25.5 Å². The highest BCUT2D eigenvalue weighted by Gasteiger charge is 2.31. The molecule has 1 aliphatic rings. The van der Waals surface area contributed by atoms with Crippen LogP contribution in [0.15, 0.2) is 36.4 Å². The fraction of sp³-hybridized carbons (Fsp3) is 0.278. The van der Waals surface area contributed by atoms with Gasteiger partial charge in [-0.15, -0.1) is 0 Å². The fourth-order valence-corrected chi connectivity index (χ4v) is 3.13. The average molecular weight is 334 g/mol. The molecule has 24 heavy (non-hydrogen) atoms. The molecule has 1 atom stereocenters. The molecular formula is C18H17F3N2O. The summed E-state index contributed by atoms with van der Waals surface area (Å²) in [6.07, 6.45) is 0.668. The Morgan fingerprint density at radius 3 is 2.50 bits per heavy atom. The number of carbonyl (C=O) groups excluding carboxylic acids is 1. The van der Waals surface area contributed by atoms with Gasteiger partial charge in [0.25, 0.3) is 5.91 Å².